The van der Waals surface area contributed by atoms with Crippen molar-refractivity contribution in [1.29, 1.82) is 0 Å². The van der Waals surface area contributed by atoms with Crippen molar-refractivity contribution in [2.24, 2.45) is 15.6 Å². The first kappa shape index (κ1) is 20.9. The second-order valence-corrected chi connectivity index (χ2v) is 7.83. The predicted octanol–water partition coefficient (Wildman–Crippen LogP) is 6.61. The van der Waals surface area contributed by atoms with Crippen LogP contribution in [0.5, 0.6) is 5.75 Å². The van der Waals surface area contributed by atoms with Crippen molar-refractivity contribution in [3.8, 4) is 5.75 Å². The minimum Gasteiger partial charge on any atom is -0.493 e. The summed E-state index contributed by atoms with van der Waals surface area (Å²) in [6.07, 6.45) is 1.85. The van der Waals surface area contributed by atoms with Gasteiger partial charge >= 0.3 is 5.97 Å². The third-order valence-electron chi connectivity index (χ3n) is 4.08. The number of carboxylic acids is 1. The Kier molecular flexibility index (Phi) is 7.36. The third kappa shape index (κ3) is 7.02. The zero-order valence-electron chi connectivity index (χ0n) is 15.9. The van der Waals surface area contributed by atoms with Gasteiger partial charge in [-0.3, -0.25) is 0 Å². The molecular formula is C21H25ClN2O3. The number of benzene rings is 2. The molecule has 0 heterocycles. The summed E-state index contributed by atoms with van der Waals surface area (Å²) in [6.45, 7) is 6.97. The molecule has 27 heavy (non-hydrogen) atoms. The molecule has 5 nitrogen and oxygen atoms in total. The van der Waals surface area contributed by atoms with Crippen molar-refractivity contribution in [3.63, 3.8) is 0 Å². The Hall–Kier alpha value is -2.40. The lowest BCUT2D eigenvalue weighted by Crippen LogP contribution is -2.24. The van der Waals surface area contributed by atoms with Crippen LogP contribution in [0.25, 0.3) is 0 Å². The number of alkyl halides is 1. The van der Waals surface area contributed by atoms with Crippen LogP contribution in [0.4, 0.5) is 11.4 Å². The van der Waals surface area contributed by atoms with Gasteiger partial charge in [-0.1, -0.05) is 20.8 Å². The second kappa shape index (κ2) is 9.51. The molecule has 2 aromatic rings. The van der Waals surface area contributed by atoms with E-state index in [1.807, 2.05) is 24.3 Å². The van der Waals surface area contributed by atoms with Gasteiger partial charge in [0.25, 0.3) is 0 Å². The quantitative estimate of drug-likeness (QED) is 0.388. The molecule has 1 unspecified atom stereocenters. The molecule has 0 aromatic heterocycles. The molecule has 0 aliphatic heterocycles. The minimum absolute atomic E-state index is 0.00290. The van der Waals surface area contributed by atoms with Crippen molar-refractivity contribution >= 4 is 28.9 Å². The summed E-state index contributed by atoms with van der Waals surface area (Å²) in [6, 6.07) is 13.6. The van der Waals surface area contributed by atoms with Crippen LogP contribution in [0.1, 0.15) is 44.0 Å². The van der Waals surface area contributed by atoms with Crippen LogP contribution in [-0.2, 0) is 0 Å². The first-order valence-electron chi connectivity index (χ1n) is 8.91. The van der Waals surface area contributed by atoms with Gasteiger partial charge < -0.3 is 9.84 Å². The fraction of sp³-hybridized carbons (Fsp3) is 0.381. The maximum absolute atomic E-state index is 10.8. The average Bonchev–Trinajstić information content (AvgIpc) is 2.65. The molecule has 144 valence electrons. The van der Waals surface area contributed by atoms with Crippen LogP contribution in [0.2, 0.25) is 0 Å². The molecule has 0 spiro atoms. The normalized spacial score (nSPS) is 12.9. The highest BCUT2D eigenvalue weighted by Crippen LogP contribution is 2.28. The Labute approximate surface area is 165 Å². The number of carboxylic acid groups (broad SMARTS) is 1. The predicted molar refractivity (Wildman–Crippen MR) is 108 cm³/mol. The number of azo groups is 1. The monoisotopic (exact) mass is 388 g/mol. The van der Waals surface area contributed by atoms with Crippen molar-refractivity contribution < 1.29 is 14.6 Å². The molecular weight excluding hydrogens is 364 g/mol. The van der Waals surface area contributed by atoms with Gasteiger partial charge in [-0.25, -0.2) is 4.79 Å². The SMILES string of the molecule is CCC(Cl)CC(C)(C)COc1ccc(N=Nc2ccc(C(=O)O)cc2)cc1. The van der Waals surface area contributed by atoms with Gasteiger partial charge in [-0.2, -0.15) is 10.2 Å². The lowest BCUT2D eigenvalue weighted by atomic mass is 9.88. The Morgan fingerprint density at radius 3 is 2.07 bits per heavy atom. The molecule has 1 N–H and O–H groups in total. The maximum atomic E-state index is 10.8. The van der Waals surface area contributed by atoms with E-state index in [1.54, 1.807) is 12.1 Å². The zero-order chi connectivity index (χ0) is 19.9. The maximum Gasteiger partial charge on any atom is 0.335 e. The molecule has 0 aliphatic carbocycles. The lowest BCUT2D eigenvalue weighted by Gasteiger charge is -2.26. The van der Waals surface area contributed by atoms with E-state index in [1.165, 1.54) is 12.1 Å². The summed E-state index contributed by atoms with van der Waals surface area (Å²) in [5, 5.41) is 17.3. The number of rotatable bonds is 9. The number of carbonyl (C=O) groups is 1. The van der Waals surface area contributed by atoms with Crippen molar-refractivity contribution in [3.05, 3.63) is 54.1 Å². The molecule has 0 amide bonds. The highest BCUT2D eigenvalue weighted by molar-refractivity contribution is 6.20. The Morgan fingerprint density at radius 1 is 1.07 bits per heavy atom. The number of hydrogen-bond donors (Lipinski definition) is 1. The van der Waals surface area contributed by atoms with Crippen LogP contribution in [0.15, 0.2) is 58.8 Å². The fourth-order valence-electron chi connectivity index (χ4n) is 2.48. The molecule has 0 aliphatic rings. The molecule has 0 fully saturated rings. The molecule has 1 atom stereocenters. The molecule has 0 saturated carbocycles. The largest absolute Gasteiger partial charge is 0.493 e. The standard InChI is InChI=1S/C21H25ClN2O3/c1-4-16(22)13-21(2,3)14-27-19-11-9-18(10-12-19)24-23-17-7-5-15(6-8-17)20(25)26/h5-12,16H,4,13-14H2,1-3H3,(H,25,26). The highest BCUT2D eigenvalue weighted by Gasteiger charge is 2.22. The number of hydrogen-bond acceptors (Lipinski definition) is 4. The first-order valence-corrected chi connectivity index (χ1v) is 9.35. The van der Waals surface area contributed by atoms with Crippen molar-refractivity contribution in [2.75, 3.05) is 6.61 Å². The number of halogens is 1. The minimum atomic E-state index is -0.964. The topological polar surface area (TPSA) is 71.2 Å². The summed E-state index contributed by atoms with van der Waals surface area (Å²) in [7, 11) is 0. The van der Waals surface area contributed by atoms with E-state index in [4.69, 9.17) is 21.4 Å². The molecule has 0 bridgehead atoms. The Morgan fingerprint density at radius 2 is 1.59 bits per heavy atom. The van der Waals surface area contributed by atoms with E-state index < -0.39 is 5.97 Å². The van der Waals surface area contributed by atoms with Gasteiger partial charge in [-0.05, 0) is 61.4 Å². The Balaban J connectivity index is 1.91. The molecule has 0 radical (unpaired) electrons. The summed E-state index contributed by atoms with van der Waals surface area (Å²) in [5.41, 5.74) is 1.50. The van der Waals surface area contributed by atoms with E-state index in [-0.39, 0.29) is 16.4 Å². The third-order valence-corrected chi connectivity index (χ3v) is 4.54. The van der Waals surface area contributed by atoms with Crippen molar-refractivity contribution in [1.82, 2.24) is 0 Å². The molecule has 0 saturated heterocycles. The van der Waals surface area contributed by atoms with Crippen LogP contribution >= 0.6 is 11.6 Å². The van der Waals surface area contributed by atoms with Gasteiger partial charge in [0.1, 0.15) is 5.75 Å². The molecule has 2 rings (SSSR count). The van der Waals surface area contributed by atoms with Crippen LogP contribution < -0.4 is 4.74 Å². The van der Waals surface area contributed by atoms with Crippen molar-refractivity contribution in [2.45, 2.75) is 39.0 Å². The van der Waals surface area contributed by atoms with E-state index in [0.717, 1.165) is 18.6 Å². The van der Waals surface area contributed by atoms with Gasteiger partial charge in [-0.15, -0.1) is 11.6 Å². The smallest absolute Gasteiger partial charge is 0.335 e. The lowest BCUT2D eigenvalue weighted by molar-refractivity contribution is 0.0697. The van der Waals surface area contributed by atoms with Gasteiger partial charge in [0, 0.05) is 10.8 Å². The summed E-state index contributed by atoms with van der Waals surface area (Å²) >= 11 is 6.25. The Bertz CT molecular complexity index is 771. The number of ether oxygens (including phenoxy) is 1. The van der Waals surface area contributed by atoms with E-state index in [0.29, 0.717) is 18.0 Å². The van der Waals surface area contributed by atoms with E-state index in [2.05, 4.69) is 31.0 Å². The summed E-state index contributed by atoms with van der Waals surface area (Å²) in [5.74, 6) is -0.191. The highest BCUT2D eigenvalue weighted by atomic mass is 35.5. The second-order valence-electron chi connectivity index (χ2n) is 7.21. The zero-order valence-corrected chi connectivity index (χ0v) is 16.6. The summed E-state index contributed by atoms with van der Waals surface area (Å²) < 4.78 is 5.88. The fourth-order valence-corrected chi connectivity index (χ4v) is 2.89. The van der Waals surface area contributed by atoms with E-state index in [9.17, 15) is 4.79 Å². The van der Waals surface area contributed by atoms with Gasteiger partial charge in [0.2, 0.25) is 0 Å². The summed E-state index contributed by atoms with van der Waals surface area (Å²) in [4.78, 5) is 10.8. The molecule has 6 heteroatoms. The van der Waals surface area contributed by atoms with Crippen LogP contribution in [-0.4, -0.2) is 23.1 Å². The van der Waals surface area contributed by atoms with Gasteiger partial charge in [0.05, 0.1) is 23.5 Å². The van der Waals surface area contributed by atoms with Gasteiger partial charge in [0.15, 0.2) is 0 Å². The number of aromatic carboxylic acids is 1. The van der Waals surface area contributed by atoms with Crippen LogP contribution in [0, 0.1) is 5.41 Å². The van der Waals surface area contributed by atoms with Crippen LogP contribution in [0.3, 0.4) is 0 Å². The van der Waals surface area contributed by atoms with E-state index >= 15 is 0 Å². The average molecular weight is 389 g/mol. The number of nitrogens with zero attached hydrogens (tertiary/aromatic N) is 2. The molecule has 2 aromatic carbocycles. The first-order chi connectivity index (χ1) is 12.8.